The molecule has 2 nitrogen and oxygen atoms in total. The first-order valence-corrected chi connectivity index (χ1v) is 7.61. The standard InChI is InChI=1S/C13H25FO2S/c1-3-4-9-12(13(15)16)17-10-7-5-6-8-11(2)14/h11-12H,3-10H2,1-2H3,(H,15,16). The van der Waals surface area contributed by atoms with Crippen LogP contribution in [0.4, 0.5) is 4.39 Å². The fourth-order valence-electron chi connectivity index (χ4n) is 1.60. The van der Waals surface area contributed by atoms with Crippen LogP contribution in [-0.4, -0.2) is 28.3 Å². The number of hydrogen-bond donors (Lipinski definition) is 1. The van der Waals surface area contributed by atoms with Gasteiger partial charge >= 0.3 is 5.97 Å². The summed E-state index contributed by atoms with van der Waals surface area (Å²) in [7, 11) is 0. The number of aliphatic carboxylic acids is 1. The maximum absolute atomic E-state index is 12.5. The van der Waals surface area contributed by atoms with E-state index in [2.05, 4.69) is 6.92 Å². The molecule has 2 unspecified atom stereocenters. The number of alkyl halides is 1. The minimum absolute atomic E-state index is 0.255. The first-order valence-electron chi connectivity index (χ1n) is 6.56. The highest BCUT2D eigenvalue weighted by Gasteiger charge is 2.16. The zero-order valence-electron chi connectivity index (χ0n) is 11.0. The predicted molar refractivity (Wildman–Crippen MR) is 72.4 cm³/mol. The van der Waals surface area contributed by atoms with Gasteiger partial charge in [0.2, 0.25) is 0 Å². The smallest absolute Gasteiger partial charge is 0.316 e. The topological polar surface area (TPSA) is 37.3 Å². The summed E-state index contributed by atoms with van der Waals surface area (Å²) in [4.78, 5) is 10.9. The van der Waals surface area contributed by atoms with Crippen LogP contribution in [0, 0.1) is 0 Å². The Labute approximate surface area is 108 Å². The lowest BCUT2D eigenvalue weighted by atomic mass is 10.1. The molecule has 0 radical (unpaired) electrons. The molecule has 102 valence electrons. The number of halogens is 1. The maximum Gasteiger partial charge on any atom is 0.316 e. The molecule has 17 heavy (non-hydrogen) atoms. The van der Waals surface area contributed by atoms with E-state index in [1.54, 1.807) is 6.92 Å². The molecular weight excluding hydrogens is 239 g/mol. The van der Waals surface area contributed by atoms with Crippen molar-refractivity contribution < 1.29 is 14.3 Å². The lowest BCUT2D eigenvalue weighted by Gasteiger charge is -2.11. The van der Waals surface area contributed by atoms with Crippen LogP contribution >= 0.6 is 11.8 Å². The normalized spacial score (nSPS) is 14.5. The van der Waals surface area contributed by atoms with Gasteiger partial charge in [-0.25, -0.2) is 4.39 Å². The SMILES string of the molecule is CCCCC(SCCCCCC(C)F)C(=O)O. The van der Waals surface area contributed by atoms with Crippen molar-refractivity contribution in [2.24, 2.45) is 0 Å². The summed E-state index contributed by atoms with van der Waals surface area (Å²) >= 11 is 1.54. The molecule has 0 saturated heterocycles. The molecule has 0 aromatic rings. The number of carbonyl (C=O) groups is 1. The Morgan fingerprint density at radius 2 is 1.94 bits per heavy atom. The van der Waals surface area contributed by atoms with Crippen LogP contribution in [0.1, 0.15) is 58.8 Å². The van der Waals surface area contributed by atoms with Crippen LogP contribution in [0.15, 0.2) is 0 Å². The van der Waals surface area contributed by atoms with Gasteiger partial charge in [-0.15, -0.1) is 11.8 Å². The number of rotatable bonds is 11. The average Bonchev–Trinajstić information content (AvgIpc) is 2.26. The van der Waals surface area contributed by atoms with E-state index >= 15 is 0 Å². The number of carboxylic acids is 1. The van der Waals surface area contributed by atoms with Crippen molar-refractivity contribution in [3.8, 4) is 0 Å². The number of hydrogen-bond acceptors (Lipinski definition) is 2. The zero-order valence-corrected chi connectivity index (χ0v) is 11.8. The van der Waals surface area contributed by atoms with Gasteiger partial charge in [0.05, 0.1) is 6.17 Å². The van der Waals surface area contributed by atoms with Gasteiger partial charge in [-0.2, -0.15) is 0 Å². The molecule has 0 amide bonds. The minimum atomic E-state index is -0.709. The van der Waals surface area contributed by atoms with E-state index < -0.39 is 12.1 Å². The molecule has 0 rings (SSSR count). The number of unbranched alkanes of at least 4 members (excludes halogenated alkanes) is 3. The summed E-state index contributed by atoms with van der Waals surface area (Å²) in [5, 5.41) is 8.75. The molecule has 0 aliphatic rings. The second-order valence-corrected chi connectivity index (χ2v) is 5.78. The van der Waals surface area contributed by atoms with Crippen molar-refractivity contribution in [1.82, 2.24) is 0 Å². The van der Waals surface area contributed by atoms with Crippen LogP contribution in [0.2, 0.25) is 0 Å². The van der Waals surface area contributed by atoms with E-state index in [0.717, 1.165) is 44.3 Å². The Kier molecular flexibility index (Phi) is 10.7. The van der Waals surface area contributed by atoms with E-state index in [4.69, 9.17) is 5.11 Å². The van der Waals surface area contributed by atoms with Gasteiger partial charge in [-0.3, -0.25) is 4.79 Å². The molecule has 2 atom stereocenters. The molecule has 4 heteroatoms. The Hall–Kier alpha value is -0.250. The molecule has 0 bridgehead atoms. The molecule has 0 heterocycles. The van der Waals surface area contributed by atoms with E-state index in [-0.39, 0.29) is 5.25 Å². The first kappa shape index (κ1) is 16.8. The highest BCUT2D eigenvalue weighted by molar-refractivity contribution is 8.00. The second-order valence-electron chi connectivity index (χ2n) is 4.47. The summed E-state index contributed by atoms with van der Waals surface area (Å²) in [5.74, 6) is 0.183. The maximum atomic E-state index is 12.5. The van der Waals surface area contributed by atoms with Gasteiger partial charge < -0.3 is 5.11 Å². The molecule has 0 aliphatic carbocycles. The van der Waals surface area contributed by atoms with Gasteiger partial charge in [0.1, 0.15) is 5.25 Å². The Morgan fingerprint density at radius 3 is 2.47 bits per heavy atom. The number of thioether (sulfide) groups is 1. The molecule has 0 fully saturated rings. The Balaban J connectivity index is 3.51. The molecule has 0 aromatic carbocycles. The summed E-state index contributed by atoms with van der Waals surface area (Å²) in [5.41, 5.74) is 0. The van der Waals surface area contributed by atoms with Crippen molar-refractivity contribution in [2.45, 2.75) is 70.2 Å². The van der Waals surface area contributed by atoms with E-state index in [1.165, 1.54) is 11.8 Å². The van der Waals surface area contributed by atoms with Crippen molar-refractivity contribution in [2.75, 3.05) is 5.75 Å². The van der Waals surface area contributed by atoms with Gasteiger partial charge in [0.25, 0.3) is 0 Å². The lowest BCUT2D eigenvalue weighted by molar-refractivity contribution is -0.136. The summed E-state index contributed by atoms with van der Waals surface area (Å²) in [6.45, 7) is 3.65. The summed E-state index contributed by atoms with van der Waals surface area (Å²) in [6.07, 6.45) is 5.60. The molecule has 0 aromatic heterocycles. The zero-order chi connectivity index (χ0) is 13.1. The van der Waals surface area contributed by atoms with Crippen LogP contribution in [-0.2, 0) is 4.79 Å². The minimum Gasteiger partial charge on any atom is -0.480 e. The quantitative estimate of drug-likeness (QED) is 0.566. The molecule has 0 spiro atoms. The summed E-state index contributed by atoms with van der Waals surface area (Å²) < 4.78 is 12.5. The number of carboxylic acid groups (broad SMARTS) is 1. The predicted octanol–water partition coefficient (Wildman–Crippen LogP) is 4.28. The largest absolute Gasteiger partial charge is 0.480 e. The third-order valence-electron chi connectivity index (χ3n) is 2.66. The van der Waals surface area contributed by atoms with Crippen LogP contribution in [0.25, 0.3) is 0 Å². The Morgan fingerprint density at radius 1 is 1.24 bits per heavy atom. The van der Waals surface area contributed by atoms with Crippen molar-refractivity contribution in [3.05, 3.63) is 0 Å². The van der Waals surface area contributed by atoms with Gasteiger partial charge in [-0.1, -0.05) is 32.6 Å². The van der Waals surface area contributed by atoms with Gasteiger partial charge in [-0.05, 0) is 31.9 Å². The molecular formula is C13H25FO2S. The Bertz CT molecular complexity index is 198. The van der Waals surface area contributed by atoms with Gasteiger partial charge in [0, 0.05) is 0 Å². The second kappa shape index (κ2) is 10.9. The van der Waals surface area contributed by atoms with E-state index in [9.17, 15) is 9.18 Å². The summed E-state index contributed by atoms with van der Waals surface area (Å²) in [6, 6.07) is 0. The highest BCUT2D eigenvalue weighted by atomic mass is 32.2. The van der Waals surface area contributed by atoms with E-state index in [1.807, 2.05) is 0 Å². The highest BCUT2D eigenvalue weighted by Crippen LogP contribution is 2.20. The molecule has 0 saturated carbocycles. The van der Waals surface area contributed by atoms with Gasteiger partial charge in [0.15, 0.2) is 0 Å². The molecule has 0 aliphatic heterocycles. The van der Waals surface area contributed by atoms with Crippen molar-refractivity contribution in [3.63, 3.8) is 0 Å². The lowest BCUT2D eigenvalue weighted by Crippen LogP contribution is -2.16. The molecule has 1 N–H and O–H groups in total. The van der Waals surface area contributed by atoms with Crippen LogP contribution < -0.4 is 0 Å². The van der Waals surface area contributed by atoms with Crippen molar-refractivity contribution in [1.29, 1.82) is 0 Å². The van der Waals surface area contributed by atoms with Crippen LogP contribution in [0.3, 0.4) is 0 Å². The van der Waals surface area contributed by atoms with Crippen molar-refractivity contribution >= 4 is 17.7 Å². The fourth-order valence-corrected chi connectivity index (χ4v) is 2.73. The monoisotopic (exact) mass is 264 g/mol. The first-order chi connectivity index (χ1) is 8.07. The third kappa shape index (κ3) is 10.6. The average molecular weight is 264 g/mol. The van der Waals surface area contributed by atoms with E-state index in [0.29, 0.717) is 6.42 Å². The van der Waals surface area contributed by atoms with Crippen LogP contribution in [0.5, 0.6) is 0 Å². The fraction of sp³-hybridized carbons (Fsp3) is 0.923. The third-order valence-corrected chi connectivity index (χ3v) is 4.02.